The molecule has 156 valence electrons. The monoisotopic (exact) mass is 441 g/mol. The lowest BCUT2D eigenvalue weighted by atomic mass is 10.1. The van der Waals surface area contributed by atoms with Crippen LogP contribution in [-0.2, 0) is 13.1 Å². The maximum Gasteiger partial charge on any atom is 0.258 e. The van der Waals surface area contributed by atoms with Crippen LogP contribution in [0, 0.1) is 17.1 Å². The van der Waals surface area contributed by atoms with Crippen molar-refractivity contribution in [2.24, 2.45) is 0 Å². The summed E-state index contributed by atoms with van der Waals surface area (Å²) in [5, 5.41) is 11.3. The Kier molecular flexibility index (Phi) is 5.13. The number of fused-ring (bicyclic) bond motifs is 1. The van der Waals surface area contributed by atoms with Gasteiger partial charge in [-0.15, -0.1) is 0 Å². The summed E-state index contributed by atoms with van der Waals surface area (Å²) in [6, 6.07) is 19.4. The highest BCUT2D eigenvalue weighted by Crippen LogP contribution is 2.36. The van der Waals surface area contributed by atoms with Crippen molar-refractivity contribution in [1.29, 1.82) is 5.26 Å². The van der Waals surface area contributed by atoms with Crippen molar-refractivity contribution in [2.75, 3.05) is 0 Å². The van der Waals surface area contributed by atoms with Gasteiger partial charge in [-0.1, -0.05) is 42.5 Å². The topological polar surface area (TPSA) is 66.2 Å². The molecule has 0 aliphatic carbocycles. The smallest absolute Gasteiger partial charge is 0.258 e. The molecule has 0 unspecified atom stereocenters. The van der Waals surface area contributed by atoms with Crippen LogP contribution in [0.3, 0.4) is 0 Å². The van der Waals surface area contributed by atoms with Gasteiger partial charge < -0.3 is 9.64 Å². The van der Waals surface area contributed by atoms with E-state index in [1.54, 1.807) is 17.0 Å². The molecule has 0 saturated carbocycles. The van der Waals surface area contributed by atoms with Crippen molar-refractivity contribution in [3.8, 4) is 28.7 Å². The van der Waals surface area contributed by atoms with E-state index in [9.17, 15) is 14.4 Å². The van der Waals surface area contributed by atoms with E-state index in [-0.39, 0.29) is 23.0 Å². The molecule has 2 heterocycles. The normalized spacial score (nSPS) is 12.5. The molecule has 0 spiro atoms. The molecule has 32 heavy (non-hydrogen) atoms. The fraction of sp³-hybridized carbons (Fsp3) is 0.0800. The number of carbonyl (C=O) groups is 1. The molecule has 7 heteroatoms. The van der Waals surface area contributed by atoms with Gasteiger partial charge in [-0.25, -0.2) is 8.76 Å². The van der Waals surface area contributed by atoms with Crippen LogP contribution in [0.2, 0.25) is 0 Å². The Morgan fingerprint density at radius 1 is 1.09 bits per heavy atom. The third-order valence-corrected chi connectivity index (χ3v) is 5.95. The van der Waals surface area contributed by atoms with Gasteiger partial charge >= 0.3 is 0 Å². The molecule has 1 amide bonds. The molecule has 0 fully saturated rings. The van der Waals surface area contributed by atoms with Crippen molar-refractivity contribution >= 4 is 17.4 Å². The number of nitriles is 1. The molecular formula is C25H16FN3O2S. The summed E-state index contributed by atoms with van der Waals surface area (Å²) in [4.78, 5) is 14.9. The predicted molar refractivity (Wildman–Crippen MR) is 119 cm³/mol. The largest absolute Gasteiger partial charge is 0.452 e. The van der Waals surface area contributed by atoms with Crippen molar-refractivity contribution < 1.29 is 13.9 Å². The first-order valence-electron chi connectivity index (χ1n) is 9.90. The quantitative estimate of drug-likeness (QED) is 0.394. The number of benzene rings is 3. The fourth-order valence-electron chi connectivity index (χ4n) is 3.78. The van der Waals surface area contributed by atoms with Crippen LogP contribution in [0.25, 0.3) is 11.1 Å². The van der Waals surface area contributed by atoms with Crippen molar-refractivity contribution in [2.45, 2.75) is 13.1 Å². The lowest BCUT2D eigenvalue weighted by Gasteiger charge is -2.16. The van der Waals surface area contributed by atoms with Crippen molar-refractivity contribution in [3.05, 3.63) is 100 Å². The highest BCUT2D eigenvalue weighted by Gasteiger charge is 2.31. The maximum atomic E-state index is 14.3. The Bertz CT molecular complexity index is 1340. The molecule has 0 radical (unpaired) electrons. The van der Waals surface area contributed by atoms with Gasteiger partial charge in [0.1, 0.15) is 11.8 Å². The summed E-state index contributed by atoms with van der Waals surface area (Å²) in [5.41, 5.74) is 4.43. The van der Waals surface area contributed by atoms with E-state index in [2.05, 4.69) is 4.37 Å². The average Bonchev–Trinajstić information content (AvgIpc) is 3.45. The van der Waals surface area contributed by atoms with E-state index in [0.29, 0.717) is 18.7 Å². The number of amides is 1. The van der Waals surface area contributed by atoms with E-state index < -0.39 is 5.82 Å². The Labute approximate surface area is 188 Å². The minimum atomic E-state index is -0.648. The molecule has 5 nitrogen and oxygen atoms in total. The first-order chi connectivity index (χ1) is 15.6. The summed E-state index contributed by atoms with van der Waals surface area (Å²) in [5.74, 6) is -0.758. The molecule has 1 aromatic heterocycles. The van der Waals surface area contributed by atoms with Gasteiger partial charge in [0.05, 0.1) is 11.1 Å². The zero-order valence-electron chi connectivity index (χ0n) is 16.8. The Balaban J connectivity index is 1.38. The molecule has 4 aromatic rings. The summed E-state index contributed by atoms with van der Waals surface area (Å²) >= 11 is 1.41. The number of ether oxygens (including phenoxy) is 1. The standard InChI is InChI=1S/C25H16FN3O2S/c26-21-5-1-3-18(11-27)24(21)31-22-6-2-4-19-14-29(25(30)23(19)22)13-16-7-9-17(10-8-16)20-12-28-32-15-20/h1-10,12,15H,13-14H2. The lowest BCUT2D eigenvalue weighted by molar-refractivity contribution is 0.0765. The third kappa shape index (κ3) is 3.61. The Morgan fingerprint density at radius 3 is 2.66 bits per heavy atom. The molecule has 0 saturated heterocycles. The van der Waals surface area contributed by atoms with Gasteiger partial charge in [0, 0.05) is 30.2 Å². The number of rotatable bonds is 5. The van der Waals surface area contributed by atoms with Crippen LogP contribution in [0.15, 0.2) is 72.2 Å². The molecule has 1 aliphatic heterocycles. The molecular weight excluding hydrogens is 425 g/mol. The SMILES string of the molecule is N#Cc1cccc(F)c1Oc1cccc2c1C(=O)N(Cc1ccc(-c3cnsc3)cc1)C2. The van der Waals surface area contributed by atoms with Crippen molar-refractivity contribution in [1.82, 2.24) is 9.27 Å². The van der Waals surface area contributed by atoms with Gasteiger partial charge in [-0.2, -0.15) is 5.26 Å². The van der Waals surface area contributed by atoms with Crippen LogP contribution in [-0.4, -0.2) is 15.2 Å². The zero-order valence-corrected chi connectivity index (χ0v) is 17.6. The first kappa shape index (κ1) is 19.9. The maximum absolute atomic E-state index is 14.3. The summed E-state index contributed by atoms with van der Waals surface area (Å²) < 4.78 is 24.2. The number of halogens is 1. The fourth-order valence-corrected chi connectivity index (χ4v) is 4.33. The Morgan fingerprint density at radius 2 is 1.91 bits per heavy atom. The van der Waals surface area contributed by atoms with Gasteiger partial charge in [-0.05, 0) is 46.4 Å². The van der Waals surface area contributed by atoms with E-state index in [1.807, 2.05) is 48.0 Å². The second-order valence-corrected chi connectivity index (χ2v) is 8.05. The highest BCUT2D eigenvalue weighted by atomic mass is 32.1. The minimum absolute atomic E-state index is 0.0748. The van der Waals surface area contributed by atoms with Crippen LogP contribution in [0.5, 0.6) is 11.5 Å². The van der Waals surface area contributed by atoms with Crippen molar-refractivity contribution in [3.63, 3.8) is 0 Å². The minimum Gasteiger partial charge on any atom is -0.452 e. The number of hydrogen-bond donors (Lipinski definition) is 0. The third-order valence-electron chi connectivity index (χ3n) is 5.37. The molecule has 1 aliphatic rings. The van der Waals surface area contributed by atoms with Crippen LogP contribution < -0.4 is 4.74 Å². The zero-order chi connectivity index (χ0) is 22.1. The van der Waals surface area contributed by atoms with E-state index in [0.717, 1.165) is 22.3 Å². The summed E-state index contributed by atoms with van der Waals surface area (Å²) in [6.07, 6.45) is 1.83. The predicted octanol–water partition coefficient (Wildman–Crippen LogP) is 5.77. The van der Waals surface area contributed by atoms with E-state index in [1.165, 1.54) is 29.7 Å². The van der Waals surface area contributed by atoms with E-state index in [4.69, 9.17) is 4.74 Å². The number of nitrogens with zero attached hydrogens (tertiary/aromatic N) is 3. The highest BCUT2D eigenvalue weighted by molar-refractivity contribution is 7.03. The molecule has 0 bridgehead atoms. The number of carbonyl (C=O) groups excluding carboxylic acids is 1. The first-order valence-corrected chi connectivity index (χ1v) is 10.7. The Hall–Kier alpha value is -4.02. The molecule has 0 atom stereocenters. The average molecular weight is 441 g/mol. The van der Waals surface area contributed by atoms with Gasteiger partial charge in [0.25, 0.3) is 5.91 Å². The summed E-state index contributed by atoms with van der Waals surface area (Å²) in [6.45, 7) is 0.877. The van der Waals surface area contributed by atoms with Gasteiger partial charge in [-0.3, -0.25) is 4.79 Å². The van der Waals surface area contributed by atoms with Crippen LogP contribution in [0.1, 0.15) is 27.0 Å². The lowest BCUT2D eigenvalue weighted by Crippen LogP contribution is -2.23. The second-order valence-electron chi connectivity index (χ2n) is 7.39. The molecule has 5 rings (SSSR count). The van der Waals surface area contributed by atoms with Crippen LogP contribution >= 0.6 is 11.5 Å². The second kappa shape index (κ2) is 8.25. The molecule has 0 N–H and O–H groups in total. The number of para-hydroxylation sites is 1. The number of aromatic nitrogens is 1. The van der Waals surface area contributed by atoms with E-state index >= 15 is 0 Å². The summed E-state index contributed by atoms with van der Waals surface area (Å²) in [7, 11) is 0. The van der Waals surface area contributed by atoms with Gasteiger partial charge in [0.15, 0.2) is 11.6 Å². The van der Waals surface area contributed by atoms with Crippen LogP contribution in [0.4, 0.5) is 4.39 Å². The molecule has 3 aromatic carbocycles. The number of hydrogen-bond acceptors (Lipinski definition) is 5. The van der Waals surface area contributed by atoms with Gasteiger partial charge in [0.2, 0.25) is 0 Å².